The van der Waals surface area contributed by atoms with Gasteiger partial charge < -0.3 is 4.74 Å². The minimum atomic E-state index is -1.07. The standard InChI is InChI=1S/C24H22N4O4/c1-13(2)19-21(30)28-17-10-6-4-8-15(17)24(23(28)26-19)11-18(22(31)32-24)27-12-25-16-9-5-3-7-14(16)20(27)29/h3-10,12-13,18-19,23,26H,11H2,1-2H3. The SMILES string of the molecule is CC(C)C1NC2N(C1=O)c1ccccc1C21CC(n2cnc3ccccc3c2=O)C(=O)O1. The average Bonchev–Trinajstić information content (AvgIpc) is 3.40. The number of carbonyl (C=O) groups is 2. The van der Waals surface area contributed by atoms with E-state index in [1.165, 1.54) is 10.9 Å². The van der Waals surface area contributed by atoms with Crippen molar-refractivity contribution >= 4 is 28.5 Å². The summed E-state index contributed by atoms with van der Waals surface area (Å²) in [5.41, 5.74) is 0.757. The molecule has 1 spiro atoms. The Morgan fingerprint density at radius 3 is 2.66 bits per heavy atom. The first-order chi connectivity index (χ1) is 15.4. The molecule has 0 aliphatic carbocycles. The van der Waals surface area contributed by atoms with E-state index in [-0.39, 0.29) is 29.8 Å². The van der Waals surface area contributed by atoms with Gasteiger partial charge in [0.1, 0.15) is 12.2 Å². The molecule has 6 rings (SSSR count). The van der Waals surface area contributed by atoms with E-state index in [4.69, 9.17) is 4.74 Å². The predicted octanol–water partition coefficient (Wildman–Crippen LogP) is 2.08. The number of fused-ring (bicyclic) bond motifs is 6. The van der Waals surface area contributed by atoms with Gasteiger partial charge in [-0.15, -0.1) is 0 Å². The van der Waals surface area contributed by atoms with Crippen LogP contribution in [0, 0.1) is 5.92 Å². The van der Waals surface area contributed by atoms with Crippen molar-refractivity contribution in [3.63, 3.8) is 0 Å². The van der Waals surface area contributed by atoms with Gasteiger partial charge in [-0.3, -0.25) is 24.4 Å². The molecule has 1 aromatic heterocycles. The van der Waals surface area contributed by atoms with Crippen molar-refractivity contribution in [1.82, 2.24) is 14.9 Å². The molecule has 1 N–H and O–H groups in total. The molecule has 3 aromatic rings. The number of hydrogen-bond acceptors (Lipinski definition) is 6. The van der Waals surface area contributed by atoms with E-state index in [1.54, 1.807) is 23.1 Å². The first-order valence-electron chi connectivity index (χ1n) is 10.8. The van der Waals surface area contributed by atoms with Crippen molar-refractivity contribution in [2.24, 2.45) is 5.92 Å². The van der Waals surface area contributed by atoms with Crippen LogP contribution in [-0.2, 0) is 19.9 Å². The van der Waals surface area contributed by atoms with E-state index in [9.17, 15) is 14.4 Å². The molecule has 2 fully saturated rings. The Hall–Kier alpha value is -3.52. The van der Waals surface area contributed by atoms with Gasteiger partial charge in [-0.1, -0.05) is 44.2 Å². The Kier molecular flexibility index (Phi) is 3.89. The smallest absolute Gasteiger partial charge is 0.330 e. The topological polar surface area (TPSA) is 93.5 Å². The van der Waals surface area contributed by atoms with Crippen molar-refractivity contribution in [1.29, 1.82) is 0 Å². The maximum Gasteiger partial charge on any atom is 0.330 e. The first kappa shape index (κ1) is 19.2. The number of esters is 1. The molecule has 0 bridgehead atoms. The summed E-state index contributed by atoms with van der Waals surface area (Å²) < 4.78 is 7.44. The maximum atomic E-state index is 13.2. The van der Waals surface area contributed by atoms with Gasteiger partial charge in [0.2, 0.25) is 5.91 Å². The molecular formula is C24H22N4O4. The average molecular weight is 430 g/mol. The van der Waals surface area contributed by atoms with Crippen LogP contribution in [0.4, 0.5) is 5.69 Å². The highest BCUT2D eigenvalue weighted by Gasteiger charge is 2.65. The molecule has 162 valence electrons. The second-order valence-electron chi connectivity index (χ2n) is 9.02. The lowest BCUT2D eigenvalue weighted by molar-refractivity contribution is -0.152. The Labute approximate surface area is 183 Å². The van der Waals surface area contributed by atoms with Gasteiger partial charge in [-0.25, -0.2) is 9.78 Å². The zero-order chi connectivity index (χ0) is 22.2. The summed E-state index contributed by atoms with van der Waals surface area (Å²) in [5, 5.41) is 3.87. The summed E-state index contributed by atoms with van der Waals surface area (Å²) in [6.45, 7) is 3.97. The van der Waals surface area contributed by atoms with Gasteiger partial charge >= 0.3 is 5.97 Å². The largest absolute Gasteiger partial charge is 0.449 e. The van der Waals surface area contributed by atoms with Crippen LogP contribution in [0.3, 0.4) is 0 Å². The molecule has 3 aliphatic rings. The van der Waals surface area contributed by atoms with E-state index in [2.05, 4.69) is 10.3 Å². The quantitative estimate of drug-likeness (QED) is 0.626. The summed E-state index contributed by atoms with van der Waals surface area (Å²) in [5.74, 6) is -0.445. The second kappa shape index (κ2) is 6.49. The number of para-hydroxylation sites is 2. The van der Waals surface area contributed by atoms with E-state index < -0.39 is 23.8 Å². The lowest BCUT2D eigenvalue weighted by atomic mass is 9.88. The maximum absolute atomic E-state index is 13.2. The summed E-state index contributed by atoms with van der Waals surface area (Å²) in [4.78, 5) is 45.7. The van der Waals surface area contributed by atoms with Gasteiger partial charge in [-0.2, -0.15) is 0 Å². The predicted molar refractivity (Wildman–Crippen MR) is 117 cm³/mol. The van der Waals surface area contributed by atoms with Gasteiger partial charge in [0, 0.05) is 12.0 Å². The third kappa shape index (κ3) is 2.35. The summed E-state index contributed by atoms with van der Waals surface area (Å²) >= 11 is 0. The summed E-state index contributed by atoms with van der Waals surface area (Å²) in [6.07, 6.45) is 1.13. The number of anilines is 1. The summed E-state index contributed by atoms with van der Waals surface area (Å²) in [6, 6.07) is 13.4. The fourth-order valence-corrected chi connectivity index (χ4v) is 5.37. The fraction of sp³-hybridized carbons (Fsp3) is 0.333. The third-order valence-corrected chi connectivity index (χ3v) is 6.90. The molecule has 3 aliphatic heterocycles. The van der Waals surface area contributed by atoms with Crippen LogP contribution in [0.15, 0.2) is 59.7 Å². The number of carbonyl (C=O) groups excluding carboxylic acids is 2. The molecule has 4 unspecified atom stereocenters. The monoisotopic (exact) mass is 430 g/mol. The number of benzene rings is 2. The highest BCUT2D eigenvalue weighted by atomic mass is 16.6. The van der Waals surface area contributed by atoms with Gasteiger partial charge in [0.15, 0.2) is 5.60 Å². The lowest BCUT2D eigenvalue weighted by Gasteiger charge is -2.30. The molecule has 8 nitrogen and oxygen atoms in total. The molecule has 0 saturated carbocycles. The van der Waals surface area contributed by atoms with Crippen molar-refractivity contribution in [2.75, 3.05) is 4.90 Å². The second-order valence-corrected chi connectivity index (χ2v) is 9.02. The van der Waals surface area contributed by atoms with Crippen LogP contribution in [0.2, 0.25) is 0 Å². The van der Waals surface area contributed by atoms with Crippen molar-refractivity contribution < 1.29 is 14.3 Å². The normalized spacial score (nSPS) is 28.6. The number of rotatable bonds is 2. The molecule has 2 aromatic carbocycles. The van der Waals surface area contributed by atoms with Crippen LogP contribution < -0.4 is 15.8 Å². The zero-order valence-corrected chi connectivity index (χ0v) is 17.7. The van der Waals surface area contributed by atoms with Gasteiger partial charge in [0.25, 0.3) is 5.56 Å². The molecule has 32 heavy (non-hydrogen) atoms. The highest BCUT2D eigenvalue weighted by Crippen LogP contribution is 2.55. The minimum Gasteiger partial charge on any atom is -0.449 e. The molecule has 8 heteroatoms. The molecule has 1 amide bonds. The molecule has 4 atom stereocenters. The number of nitrogens with zero attached hydrogens (tertiary/aromatic N) is 3. The Bertz CT molecular complexity index is 1350. The van der Waals surface area contributed by atoms with Crippen LogP contribution >= 0.6 is 0 Å². The number of hydrogen-bond donors (Lipinski definition) is 1. The van der Waals surface area contributed by atoms with E-state index in [0.717, 1.165) is 11.3 Å². The number of ether oxygens (including phenoxy) is 1. The van der Waals surface area contributed by atoms with E-state index >= 15 is 0 Å². The van der Waals surface area contributed by atoms with Crippen molar-refractivity contribution in [2.45, 2.75) is 44.1 Å². The Morgan fingerprint density at radius 1 is 1.09 bits per heavy atom. The number of aromatic nitrogens is 2. The zero-order valence-electron chi connectivity index (χ0n) is 17.7. The molecule has 2 saturated heterocycles. The van der Waals surface area contributed by atoms with Crippen LogP contribution in [-0.4, -0.2) is 33.6 Å². The van der Waals surface area contributed by atoms with Crippen LogP contribution in [0.5, 0.6) is 0 Å². The Morgan fingerprint density at radius 2 is 1.84 bits per heavy atom. The lowest BCUT2D eigenvalue weighted by Crippen LogP contribution is -2.49. The molecular weight excluding hydrogens is 408 g/mol. The van der Waals surface area contributed by atoms with Gasteiger partial charge in [-0.05, 0) is 24.1 Å². The third-order valence-electron chi connectivity index (χ3n) is 6.90. The van der Waals surface area contributed by atoms with E-state index in [0.29, 0.717) is 10.9 Å². The number of amides is 1. The minimum absolute atomic E-state index is 0.0293. The van der Waals surface area contributed by atoms with Crippen LogP contribution in [0.25, 0.3) is 10.9 Å². The fourth-order valence-electron chi connectivity index (χ4n) is 5.37. The van der Waals surface area contributed by atoms with Crippen molar-refractivity contribution in [3.05, 3.63) is 70.8 Å². The molecule has 0 radical (unpaired) electrons. The van der Waals surface area contributed by atoms with Gasteiger partial charge in [0.05, 0.1) is 29.0 Å². The van der Waals surface area contributed by atoms with E-state index in [1.807, 2.05) is 44.2 Å². The first-order valence-corrected chi connectivity index (χ1v) is 10.8. The summed E-state index contributed by atoms with van der Waals surface area (Å²) in [7, 11) is 0. The van der Waals surface area contributed by atoms with Crippen molar-refractivity contribution in [3.8, 4) is 0 Å². The molecule has 4 heterocycles. The highest BCUT2D eigenvalue weighted by molar-refractivity contribution is 6.03. The number of nitrogens with one attached hydrogen (secondary N) is 1. The Balaban J connectivity index is 1.48. The van der Waals surface area contributed by atoms with Crippen LogP contribution in [0.1, 0.15) is 31.9 Å².